The molecule has 0 bridgehead atoms. The maximum absolute atomic E-state index is 3.54. The summed E-state index contributed by atoms with van der Waals surface area (Å²) in [6, 6.07) is 0. The standard InChI is InChI=1S/C12H26N2/c1-3-14(4-2)10-6-5-9-13-11-12-7-8-12/h12-13H,3-11H2,1-2H3. The lowest BCUT2D eigenvalue weighted by atomic mass is 10.3. The van der Waals surface area contributed by atoms with Crippen LogP contribution in [-0.4, -0.2) is 37.6 Å². The molecule has 0 unspecified atom stereocenters. The molecule has 1 rings (SSSR count). The SMILES string of the molecule is CCN(CC)CCCCNCC1CC1. The monoisotopic (exact) mass is 198 g/mol. The molecule has 0 radical (unpaired) electrons. The molecule has 0 heterocycles. The molecule has 1 fully saturated rings. The summed E-state index contributed by atoms with van der Waals surface area (Å²) in [6.07, 6.45) is 5.61. The zero-order valence-electron chi connectivity index (χ0n) is 9.89. The molecule has 0 aromatic heterocycles. The van der Waals surface area contributed by atoms with Crippen molar-refractivity contribution in [2.24, 2.45) is 5.92 Å². The van der Waals surface area contributed by atoms with E-state index < -0.39 is 0 Å². The molecule has 1 saturated carbocycles. The number of hydrogen-bond donors (Lipinski definition) is 1. The second-order valence-electron chi connectivity index (χ2n) is 4.38. The molecule has 14 heavy (non-hydrogen) atoms. The van der Waals surface area contributed by atoms with E-state index in [1.165, 1.54) is 58.4 Å². The maximum Gasteiger partial charge on any atom is -0.00185 e. The Bertz CT molecular complexity index is 128. The van der Waals surface area contributed by atoms with Crippen molar-refractivity contribution in [3.8, 4) is 0 Å². The Balaban J connectivity index is 1.78. The van der Waals surface area contributed by atoms with Crippen molar-refractivity contribution < 1.29 is 0 Å². The van der Waals surface area contributed by atoms with Gasteiger partial charge in [0, 0.05) is 0 Å². The highest BCUT2D eigenvalue weighted by atomic mass is 15.1. The fraction of sp³-hybridized carbons (Fsp3) is 1.00. The normalized spacial score (nSPS) is 16.5. The Morgan fingerprint density at radius 3 is 2.43 bits per heavy atom. The third kappa shape index (κ3) is 5.61. The van der Waals surface area contributed by atoms with Crippen LogP contribution in [0.2, 0.25) is 0 Å². The first-order valence-electron chi connectivity index (χ1n) is 6.29. The van der Waals surface area contributed by atoms with Crippen LogP contribution in [0.4, 0.5) is 0 Å². The quantitative estimate of drug-likeness (QED) is 0.571. The molecule has 0 saturated heterocycles. The lowest BCUT2D eigenvalue weighted by Crippen LogP contribution is -2.25. The summed E-state index contributed by atoms with van der Waals surface area (Å²) in [6.45, 7) is 10.7. The summed E-state index contributed by atoms with van der Waals surface area (Å²) < 4.78 is 0. The Morgan fingerprint density at radius 2 is 1.86 bits per heavy atom. The van der Waals surface area contributed by atoms with E-state index in [1.807, 2.05) is 0 Å². The van der Waals surface area contributed by atoms with Crippen LogP contribution in [0, 0.1) is 5.92 Å². The first kappa shape index (κ1) is 12.0. The average Bonchev–Trinajstić information content (AvgIpc) is 3.01. The fourth-order valence-corrected chi connectivity index (χ4v) is 1.75. The van der Waals surface area contributed by atoms with E-state index in [-0.39, 0.29) is 0 Å². The summed E-state index contributed by atoms with van der Waals surface area (Å²) in [5.74, 6) is 1.03. The molecule has 0 atom stereocenters. The van der Waals surface area contributed by atoms with Gasteiger partial charge < -0.3 is 10.2 Å². The summed E-state index contributed by atoms with van der Waals surface area (Å²) in [4.78, 5) is 2.50. The smallest absolute Gasteiger partial charge is 0.00185 e. The third-order valence-corrected chi connectivity index (χ3v) is 3.10. The van der Waals surface area contributed by atoms with Crippen molar-refractivity contribution >= 4 is 0 Å². The predicted octanol–water partition coefficient (Wildman–Crippen LogP) is 2.11. The predicted molar refractivity (Wildman–Crippen MR) is 62.6 cm³/mol. The first-order valence-corrected chi connectivity index (χ1v) is 6.29. The van der Waals surface area contributed by atoms with E-state index in [1.54, 1.807) is 0 Å². The highest BCUT2D eigenvalue weighted by molar-refractivity contribution is 4.75. The Labute approximate surface area is 89.1 Å². The number of nitrogens with one attached hydrogen (secondary N) is 1. The molecule has 0 aromatic carbocycles. The van der Waals surface area contributed by atoms with Crippen LogP contribution >= 0.6 is 0 Å². The van der Waals surface area contributed by atoms with Crippen molar-refractivity contribution in [1.29, 1.82) is 0 Å². The molecule has 1 aliphatic carbocycles. The van der Waals surface area contributed by atoms with E-state index in [0.29, 0.717) is 0 Å². The summed E-state index contributed by atoms with van der Waals surface area (Å²) in [7, 11) is 0. The van der Waals surface area contributed by atoms with Gasteiger partial charge in [-0.15, -0.1) is 0 Å². The molecular weight excluding hydrogens is 172 g/mol. The maximum atomic E-state index is 3.54. The topological polar surface area (TPSA) is 15.3 Å². The largest absolute Gasteiger partial charge is 0.316 e. The van der Waals surface area contributed by atoms with E-state index >= 15 is 0 Å². The van der Waals surface area contributed by atoms with Gasteiger partial charge in [0.15, 0.2) is 0 Å². The van der Waals surface area contributed by atoms with Gasteiger partial charge in [-0.05, 0) is 64.3 Å². The Morgan fingerprint density at radius 1 is 1.14 bits per heavy atom. The highest BCUT2D eigenvalue weighted by Gasteiger charge is 2.19. The zero-order chi connectivity index (χ0) is 10.2. The summed E-state index contributed by atoms with van der Waals surface area (Å²) in [5.41, 5.74) is 0. The van der Waals surface area contributed by atoms with E-state index in [0.717, 1.165) is 5.92 Å². The van der Waals surface area contributed by atoms with Crippen LogP contribution < -0.4 is 5.32 Å². The number of rotatable bonds is 9. The van der Waals surface area contributed by atoms with Gasteiger partial charge in [-0.3, -0.25) is 0 Å². The number of unbranched alkanes of at least 4 members (excludes halogenated alkanes) is 1. The van der Waals surface area contributed by atoms with Crippen molar-refractivity contribution in [2.75, 3.05) is 32.7 Å². The van der Waals surface area contributed by atoms with Crippen LogP contribution in [0.25, 0.3) is 0 Å². The third-order valence-electron chi connectivity index (χ3n) is 3.10. The second-order valence-corrected chi connectivity index (χ2v) is 4.38. The van der Waals surface area contributed by atoms with Gasteiger partial charge in [-0.25, -0.2) is 0 Å². The van der Waals surface area contributed by atoms with Crippen LogP contribution in [0.3, 0.4) is 0 Å². The van der Waals surface area contributed by atoms with Crippen LogP contribution in [0.5, 0.6) is 0 Å². The van der Waals surface area contributed by atoms with Gasteiger partial charge >= 0.3 is 0 Å². The summed E-state index contributed by atoms with van der Waals surface area (Å²) >= 11 is 0. The fourth-order valence-electron chi connectivity index (χ4n) is 1.75. The van der Waals surface area contributed by atoms with Gasteiger partial charge in [-0.1, -0.05) is 13.8 Å². The van der Waals surface area contributed by atoms with Crippen LogP contribution in [0.15, 0.2) is 0 Å². The average molecular weight is 198 g/mol. The van der Waals surface area contributed by atoms with E-state index in [4.69, 9.17) is 0 Å². The van der Waals surface area contributed by atoms with Crippen LogP contribution in [-0.2, 0) is 0 Å². The van der Waals surface area contributed by atoms with Crippen molar-refractivity contribution in [3.63, 3.8) is 0 Å². The minimum atomic E-state index is 1.03. The summed E-state index contributed by atoms with van der Waals surface area (Å²) in [5, 5.41) is 3.54. The van der Waals surface area contributed by atoms with Gasteiger partial charge in [-0.2, -0.15) is 0 Å². The molecule has 0 amide bonds. The van der Waals surface area contributed by atoms with Gasteiger partial charge in [0.25, 0.3) is 0 Å². The van der Waals surface area contributed by atoms with Gasteiger partial charge in [0.2, 0.25) is 0 Å². The molecule has 2 heteroatoms. The minimum absolute atomic E-state index is 1.03. The van der Waals surface area contributed by atoms with Crippen molar-refractivity contribution in [1.82, 2.24) is 10.2 Å². The van der Waals surface area contributed by atoms with Crippen LogP contribution in [0.1, 0.15) is 39.5 Å². The highest BCUT2D eigenvalue weighted by Crippen LogP contribution is 2.27. The van der Waals surface area contributed by atoms with E-state index in [9.17, 15) is 0 Å². The molecule has 84 valence electrons. The van der Waals surface area contributed by atoms with Crippen molar-refractivity contribution in [2.45, 2.75) is 39.5 Å². The second kappa shape index (κ2) is 7.24. The van der Waals surface area contributed by atoms with E-state index in [2.05, 4.69) is 24.1 Å². The van der Waals surface area contributed by atoms with Gasteiger partial charge in [0.05, 0.1) is 0 Å². The molecule has 0 aliphatic heterocycles. The molecule has 0 spiro atoms. The first-order chi connectivity index (χ1) is 6.86. The molecule has 0 aromatic rings. The Hall–Kier alpha value is -0.0800. The Kier molecular flexibility index (Phi) is 6.20. The molecular formula is C12H26N2. The number of hydrogen-bond acceptors (Lipinski definition) is 2. The lowest BCUT2D eigenvalue weighted by molar-refractivity contribution is 0.296. The number of nitrogens with zero attached hydrogens (tertiary/aromatic N) is 1. The lowest BCUT2D eigenvalue weighted by Gasteiger charge is -2.17. The molecule has 2 nitrogen and oxygen atoms in total. The zero-order valence-corrected chi connectivity index (χ0v) is 9.89. The molecule has 1 N–H and O–H groups in total. The minimum Gasteiger partial charge on any atom is -0.316 e. The van der Waals surface area contributed by atoms with Gasteiger partial charge in [0.1, 0.15) is 0 Å². The molecule has 1 aliphatic rings. The van der Waals surface area contributed by atoms with Crippen molar-refractivity contribution in [3.05, 3.63) is 0 Å².